The van der Waals surface area contributed by atoms with E-state index in [-0.39, 0.29) is 0 Å². The fourth-order valence-corrected chi connectivity index (χ4v) is 3.94. The van der Waals surface area contributed by atoms with Gasteiger partial charge in [-0.2, -0.15) is 0 Å². The molecule has 4 heterocycles. The molecule has 0 amide bonds. The fourth-order valence-electron chi connectivity index (χ4n) is 3.94. The SMILES string of the molecule is CC(C)c1nc(C2CC3CCC2O3)nc2c1CNCC2. The first-order valence-electron chi connectivity index (χ1n) is 7.98. The average molecular weight is 273 g/mol. The lowest BCUT2D eigenvalue weighted by atomic mass is 9.88. The van der Waals surface area contributed by atoms with E-state index in [1.165, 1.54) is 29.8 Å². The molecule has 0 aromatic carbocycles. The van der Waals surface area contributed by atoms with E-state index in [4.69, 9.17) is 14.7 Å². The zero-order chi connectivity index (χ0) is 13.7. The normalized spacial score (nSPS) is 31.9. The van der Waals surface area contributed by atoms with Gasteiger partial charge in [-0.25, -0.2) is 9.97 Å². The van der Waals surface area contributed by atoms with Gasteiger partial charge in [0, 0.05) is 31.0 Å². The van der Waals surface area contributed by atoms with Crippen molar-refractivity contribution >= 4 is 0 Å². The van der Waals surface area contributed by atoms with Crippen LogP contribution in [0.25, 0.3) is 0 Å². The van der Waals surface area contributed by atoms with Crippen LogP contribution in [-0.2, 0) is 17.7 Å². The number of fused-ring (bicyclic) bond motifs is 3. The Bertz CT molecular complexity index is 529. The Kier molecular flexibility index (Phi) is 3.04. The van der Waals surface area contributed by atoms with Gasteiger partial charge in [0.25, 0.3) is 0 Å². The summed E-state index contributed by atoms with van der Waals surface area (Å²) in [6.45, 7) is 6.43. The highest BCUT2D eigenvalue weighted by atomic mass is 16.5. The second-order valence-electron chi connectivity index (χ2n) is 6.69. The summed E-state index contributed by atoms with van der Waals surface area (Å²) < 4.78 is 5.99. The molecule has 1 aromatic heterocycles. The molecule has 3 aliphatic rings. The molecular weight excluding hydrogens is 250 g/mol. The van der Waals surface area contributed by atoms with Crippen LogP contribution < -0.4 is 5.32 Å². The lowest BCUT2D eigenvalue weighted by Gasteiger charge is -2.24. The first-order valence-corrected chi connectivity index (χ1v) is 7.98. The van der Waals surface area contributed by atoms with Gasteiger partial charge in [0.15, 0.2) is 0 Å². The summed E-state index contributed by atoms with van der Waals surface area (Å²) in [6, 6.07) is 0. The van der Waals surface area contributed by atoms with Crippen LogP contribution in [0.2, 0.25) is 0 Å². The van der Waals surface area contributed by atoms with Crippen LogP contribution in [0.1, 0.15) is 67.7 Å². The van der Waals surface area contributed by atoms with E-state index in [2.05, 4.69) is 19.2 Å². The van der Waals surface area contributed by atoms with Crippen molar-refractivity contribution in [3.8, 4) is 0 Å². The molecule has 0 spiro atoms. The molecule has 0 saturated carbocycles. The zero-order valence-corrected chi connectivity index (χ0v) is 12.4. The molecule has 0 radical (unpaired) electrons. The molecule has 2 bridgehead atoms. The first-order chi connectivity index (χ1) is 9.72. The van der Waals surface area contributed by atoms with Gasteiger partial charge in [-0.1, -0.05) is 13.8 Å². The molecule has 1 N–H and O–H groups in total. The van der Waals surface area contributed by atoms with Gasteiger partial charge in [-0.15, -0.1) is 0 Å². The number of hydrogen-bond acceptors (Lipinski definition) is 4. The molecule has 3 atom stereocenters. The molecule has 0 aliphatic carbocycles. The van der Waals surface area contributed by atoms with Crippen molar-refractivity contribution in [2.45, 2.75) is 70.1 Å². The number of nitrogens with one attached hydrogen (secondary N) is 1. The molecule has 20 heavy (non-hydrogen) atoms. The van der Waals surface area contributed by atoms with E-state index in [0.717, 1.165) is 31.8 Å². The Morgan fingerprint density at radius 2 is 2.15 bits per heavy atom. The van der Waals surface area contributed by atoms with E-state index in [1.54, 1.807) is 0 Å². The molecule has 1 aromatic rings. The molecule has 4 nitrogen and oxygen atoms in total. The molecule has 4 heteroatoms. The van der Waals surface area contributed by atoms with Gasteiger partial charge in [0.1, 0.15) is 5.82 Å². The summed E-state index contributed by atoms with van der Waals surface area (Å²) in [4.78, 5) is 9.88. The third-order valence-corrected chi connectivity index (χ3v) is 4.97. The highest BCUT2D eigenvalue weighted by Crippen LogP contribution is 2.43. The number of nitrogens with zero attached hydrogens (tertiary/aromatic N) is 2. The summed E-state index contributed by atoms with van der Waals surface area (Å²) in [5.41, 5.74) is 3.87. The van der Waals surface area contributed by atoms with Crippen molar-refractivity contribution in [2.24, 2.45) is 0 Å². The van der Waals surface area contributed by atoms with E-state index in [1.807, 2.05) is 0 Å². The minimum Gasteiger partial charge on any atom is -0.374 e. The van der Waals surface area contributed by atoms with E-state index in [0.29, 0.717) is 24.0 Å². The Morgan fingerprint density at radius 1 is 1.25 bits per heavy atom. The smallest absolute Gasteiger partial charge is 0.134 e. The topological polar surface area (TPSA) is 47.0 Å². The van der Waals surface area contributed by atoms with Crippen LogP contribution >= 0.6 is 0 Å². The Labute approximate surface area is 120 Å². The standard InChI is InChI=1S/C16H23N3O/c1-9(2)15-12-8-17-6-5-13(12)18-16(19-15)11-7-10-3-4-14(11)20-10/h9-11,14,17H,3-8H2,1-2H3. The van der Waals surface area contributed by atoms with Crippen LogP contribution in [0.3, 0.4) is 0 Å². The van der Waals surface area contributed by atoms with Crippen LogP contribution in [-0.4, -0.2) is 28.7 Å². The third-order valence-electron chi connectivity index (χ3n) is 4.97. The zero-order valence-electron chi connectivity index (χ0n) is 12.4. The minimum absolute atomic E-state index is 0.375. The van der Waals surface area contributed by atoms with Crippen LogP contribution in [0.15, 0.2) is 0 Å². The second kappa shape index (κ2) is 4.78. The van der Waals surface area contributed by atoms with Crippen molar-refractivity contribution in [2.75, 3.05) is 6.54 Å². The minimum atomic E-state index is 0.375. The maximum atomic E-state index is 5.99. The molecule has 3 unspecified atom stereocenters. The van der Waals surface area contributed by atoms with Gasteiger partial charge in [0.05, 0.1) is 23.6 Å². The summed E-state index contributed by atoms with van der Waals surface area (Å²) in [6.07, 6.45) is 5.42. The predicted octanol–water partition coefficient (Wildman–Crippen LogP) is 2.28. The second-order valence-corrected chi connectivity index (χ2v) is 6.69. The van der Waals surface area contributed by atoms with Gasteiger partial charge in [-0.3, -0.25) is 0 Å². The number of rotatable bonds is 2. The lowest BCUT2D eigenvalue weighted by Crippen LogP contribution is -2.29. The Hall–Kier alpha value is -1.00. The average Bonchev–Trinajstić information content (AvgIpc) is 3.08. The van der Waals surface area contributed by atoms with Gasteiger partial charge in [0.2, 0.25) is 0 Å². The summed E-state index contributed by atoms with van der Waals surface area (Å²) in [7, 11) is 0. The fraction of sp³-hybridized carbons (Fsp3) is 0.750. The van der Waals surface area contributed by atoms with Crippen molar-refractivity contribution in [1.82, 2.24) is 15.3 Å². The molecule has 3 aliphatic heterocycles. The van der Waals surface area contributed by atoms with Crippen molar-refractivity contribution in [1.29, 1.82) is 0 Å². The molecule has 108 valence electrons. The summed E-state index contributed by atoms with van der Waals surface area (Å²) in [5.74, 6) is 1.96. The first kappa shape index (κ1) is 12.7. The van der Waals surface area contributed by atoms with Crippen molar-refractivity contribution in [3.05, 3.63) is 22.8 Å². The van der Waals surface area contributed by atoms with E-state index >= 15 is 0 Å². The quantitative estimate of drug-likeness (QED) is 0.898. The summed E-state index contributed by atoms with van der Waals surface area (Å²) in [5, 5.41) is 3.45. The third kappa shape index (κ3) is 1.97. The van der Waals surface area contributed by atoms with E-state index in [9.17, 15) is 0 Å². The monoisotopic (exact) mass is 273 g/mol. The molecular formula is C16H23N3O. The molecule has 4 rings (SSSR count). The number of ether oxygens (including phenoxy) is 1. The summed E-state index contributed by atoms with van der Waals surface area (Å²) >= 11 is 0. The largest absolute Gasteiger partial charge is 0.374 e. The molecule has 2 saturated heterocycles. The maximum absolute atomic E-state index is 5.99. The van der Waals surface area contributed by atoms with Gasteiger partial charge >= 0.3 is 0 Å². The number of hydrogen-bond donors (Lipinski definition) is 1. The van der Waals surface area contributed by atoms with Crippen LogP contribution in [0, 0.1) is 0 Å². The highest BCUT2D eigenvalue weighted by molar-refractivity contribution is 5.31. The highest BCUT2D eigenvalue weighted by Gasteiger charge is 2.43. The van der Waals surface area contributed by atoms with Gasteiger partial charge in [-0.05, 0) is 25.2 Å². The lowest BCUT2D eigenvalue weighted by molar-refractivity contribution is 0.0998. The number of aromatic nitrogens is 2. The van der Waals surface area contributed by atoms with Crippen molar-refractivity contribution < 1.29 is 4.74 Å². The Morgan fingerprint density at radius 3 is 2.85 bits per heavy atom. The van der Waals surface area contributed by atoms with Crippen molar-refractivity contribution in [3.63, 3.8) is 0 Å². The predicted molar refractivity (Wildman–Crippen MR) is 76.8 cm³/mol. The molecule has 2 fully saturated rings. The van der Waals surface area contributed by atoms with Crippen LogP contribution in [0.5, 0.6) is 0 Å². The van der Waals surface area contributed by atoms with Crippen LogP contribution in [0.4, 0.5) is 0 Å². The van der Waals surface area contributed by atoms with E-state index < -0.39 is 0 Å². The Balaban J connectivity index is 1.75. The maximum Gasteiger partial charge on any atom is 0.134 e. The van der Waals surface area contributed by atoms with Gasteiger partial charge < -0.3 is 10.1 Å².